The summed E-state index contributed by atoms with van der Waals surface area (Å²) >= 11 is 0. The van der Waals surface area contributed by atoms with Crippen LogP contribution in [0.2, 0.25) is 0 Å². The number of Topliss-reactive ketones (excluding diaryl/α,β-unsaturated/α-hetero) is 1. The molecule has 2 heterocycles. The standard InChI is InChI=1S/C24H23NO4/c1-15-8-10-18(16(2)12-15)14-25-20-7-5-4-6-19(20)24(28,23(25)27)13-21(26)22-11-9-17(3)29-22/h4-12,28H,13-14H2,1-3H3/t24-/m0/s1. The van der Waals surface area contributed by atoms with Gasteiger partial charge in [0, 0.05) is 5.56 Å². The van der Waals surface area contributed by atoms with Gasteiger partial charge in [-0.15, -0.1) is 0 Å². The molecule has 1 N–H and O–H groups in total. The normalized spacial score (nSPS) is 18.2. The third kappa shape index (κ3) is 3.28. The third-order valence-electron chi connectivity index (χ3n) is 5.50. The Hall–Kier alpha value is -3.18. The van der Waals surface area contributed by atoms with Crippen molar-refractivity contribution in [3.05, 3.63) is 88.4 Å². The molecule has 0 aliphatic carbocycles. The van der Waals surface area contributed by atoms with Gasteiger partial charge in [0.05, 0.1) is 18.7 Å². The van der Waals surface area contributed by atoms with E-state index in [1.54, 1.807) is 42.2 Å². The number of fused-ring (bicyclic) bond motifs is 1. The summed E-state index contributed by atoms with van der Waals surface area (Å²) in [5.74, 6) is -0.142. The molecule has 148 valence electrons. The van der Waals surface area contributed by atoms with Gasteiger partial charge in [-0.1, -0.05) is 42.0 Å². The number of furan rings is 1. The van der Waals surface area contributed by atoms with Crippen molar-refractivity contribution in [3.8, 4) is 0 Å². The molecule has 0 radical (unpaired) electrons. The minimum Gasteiger partial charge on any atom is -0.458 e. The summed E-state index contributed by atoms with van der Waals surface area (Å²) in [5.41, 5.74) is 2.39. The summed E-state index contributed by atoms with van der Waals surface area (Å²) in [6, 6.07) is 16.4. The first kappa shape index (κ1) is 19.2. The van der Waals surface area contributed by atoms with Gasteiger partial charge in [0.15, 0.2) is 11.4 Å². The zero-order valence-corrected chi connectivity index (χ0v) is 16.7. The van der Waals surface area contributed by atoms with E-state index in [4.69, 9.17) is 4.42 Å². The molecule has 4 rings (SSSR count). The number of carbonyl (C=O) groups is 2. The molecular weight excluding hydrogens is 366 g/mol. The number of rotatable bonds is 5. The van der Waals surface area contributed by atoms with Crippen molar-refractivity contribution in [2.75, 3.05) is 4.90 Å². The molecule has 0 saturated heterocycles. The van der Waals surface area contributed by atoms with E-state index in [9.17, 15) is 14.7 Å². The smallest absolute Gasteiger partial charge is 0.264 e. The second kappa shape index (κ2) is 7.01. The van der Waals surface area contributed by atoms with Gasteiger partial charge in [-0.3, -0.25) is 9.59 Å². The van der Waals surface area contributed by atoms with E-state index in [1.807, 2.05) is 32.0 Å². The van der Waals surface area contributed by atoms with Crippen molar-refractivity contribution in [3.63, 3.8) is 0 Å². The molecule has 2 aromatic carbocycles. The van der Waals surface area contributed by atoms with Gasteiger partial charge in [-0.05, 0) is 50.1 Å². The highest BCUT2D eigenvalue weighted by Gasteiger charge is 2.51. The second-order valence-corrected chi connectivity index (χ2v) is 7.71. The van der Waals surface area contributed by atoms with Gasteiger partial charge in [0.2, 0.25) is 5.78 Å². The zero-order valence-electron chi connectivity index (χ0n) is 16.7. The summed E-state index contributed by atoms with van der Waals surface area (Å²) in [5, 5.41) is 11.4. The fourth-order valence-corrected chi connectivity index (χ4v) is 3.93. The first-order valence-corrected chi connectivity index (χ1v) is 9.59. The van der Waals surface area contributed by atoms with Crippen molar-refractivity contribution < 1.29 is 19.1 Å². The quantitative estimate of drug-likeness (QED) is 0.664. The minimum atomic E-state index is -1.91. The van der Waals surface area contributed by atoms with Crippen LogP contribution in [0.25, 0.3) is 0 Å². The van der Waals surface area contributed by atoms with Gasteiger partial charge in [0.1, 0.15) is 5.76 Å². The number of nitrogens with zero attached hydrogens (tertiary/aromatic N) is 1. The number of anilines is 1. The number of carbonyl (C=O) groups excluding carboxylic acids is 2. The number of hydrogen-bond donors (Lipinski definition) is 1. The molecule has 0 spiro atoms. The van der Waals surface area contributed by atoms with E-state index in [1.165, 1.54) is 0 Å². The van der Waals surface area contributed by atoms with Gasteiger partial charge in [0.25, 0.3) is 5.91 Å². The average molecular weight is 389 g/mol. The highest BCUT2D eigenvalue weighted by molar-refractivity contribution is 6.10. The maximum atomic E-state index is 13.3. The second-order valence-electron chi connectivity index (χ2n) is 7.71. The van der Waals surface area contributed by atoms with Crippen LogP contribution in [0.3, 0.4) is 0 Å². The minimum absolute atomic E-state index is 0.147. The predicted molar refractivity (Wildman–Crippen MR) is 110 cm³/mol. The average Bonchev–Trinajstić information content (AvgIpc) is 3.20. The summed E-state index contributed by atoms with van der Waals surface area (Å²) in [4.78, 5) is 27.6. The predicted octanol–water partition coefficient (Wildman–Crippen LogP) is 4.21. The third-order valence-corrected chi connectivity index (χ3v) is 5.50. The fourth-order valence-electron chi connectivity index (χ4n) is 3.93. The molecule has 29 heavy (non-hydrogen) atoms. The maximum Gasteiger partial charge on any atom is 0.264 e. The Morgan fingerprint density at radius 1 is 1.07 bits per heavy atom. The first-order valence-electron chi connectivity index (χ1n) is 9.59. The topological polar surface area (TPSA) is 70.8 Å². The van der Waals surface area contributed by atoms with Gasteiger partial charge in [-0.2, -0.15) is 0 Å². The number of benzene rings is 2. The first-order chi connectivity index (χ1) is 13.8. The van der Waals surface area contributed by atoms with E-state index in [-0.39, 0.29) is 12.2 Å². The van der Waals surface area contributed by atoms with Crippen LogP contribution in [0.4, 0.5) is 5.69 Å². The van der Waals surface area contributed by atoms with Crippen LogP contribution in [-0.2, 0) is 16.9 Å². The molecule has 1 aliphatic rings. The zero-order chi connectivity index (χ0) is 20.8. The van der Waals surface area contributed by atoms with Crippen LogP contribution in [0.5, 0.6) is 0 Å². The van der Waals surface area contributed by atoms with Crippen LogP contribution in [0.15, 0.2) is 59.0 Å². The van der Waals surface area contributed by atoms with Crippen LogP contribution < -0.4 is 4.90 Å². The lowest BCUT2D eigenvalue weighted by atomic mass is 9.89. The maximum absolute atomic E-state index is 13.3. The Balaban J connectivity index is 1.69. The Morgan fingerprint density at radius 3 is 2.52 bits per heavy atom. The number of hydrogen-bond acceptors (Lipinski definition) is 4. The van der Waals surface area contributed by atoms with Crippen LogP contribution in [0.1, 0.15) is 45.0 Å². The summed E-state index contributed by atoms with van der Waals surface area (Å²) in [7, 11) is 0. The van der Waals surface area contributed by atoms with Crippen LogP contribution >= 0.6 is 0 Å². The number of ketones is 1. The molecule has 0 unspecified atom stereocenters. The molecule has 1 aromatic heterocycles. The van der Waals surface area contributed by atoms with E-state index in [0.29, 0.717) is 23.6 Å². The number of aliphatic hydroxyl groups is 1. The number of aryl methyl sites for hydroxylation is 3. The molecule has 5 nitrogen and oxygen atoms in total. The molecular formula is C24H23NO4. The van der Waals surface area contributed by atoms with E-state index in [0.717, 1.165) is 16.7 Å². The lowest BCUT2D eigenvalue weighted by molar-refractivity contribution is -0.136. The van der Waals surface area contributed by atoms with Crippen molar-refractivity contribution >= 4 is 17.4 Å². The Kier molecular flexibility index (Phi) is 4.63. The van der Waals surface area contributed by atoms with E-state index < -0.39 is 17.3 Å². The summed E-state index contributed by atoms with van der Waals surface area (Å²) < 4.78 is 5.39. The molecule has 1 atom stereocenters. The Morgan fingerprint density at radius 2 is 1.83 bits per heavy atom. The SMILES string of the molecule is Cc1ccc(CN2C(=O)[C@](O)(CC(=O)c3ccc(C)o3)c3ccccc32)c(C)c1. The van der Waals surface area contributed by atoms with Crippen LogP contribution in [-0.4, -0.2) is 16.8 Å². The van der Waals surface area contributed by atoms with E-state index >= 15 is 0 Å². The number of amides is 1. The summed E-state index contributed by atoms with van der Waals surface area (Å²) in [6.45, 7) is 6.10. The molecule has 5 heteroatoms. The number of para-hydroxylation sites is 1. The lowest BCUT2D eigenvalue weighted by Crippen LogP contribution is -2.41. The van der Waals surface area contributed by atoms with Gasteiger partial charge in [-0.25, -0.2) is 0 Å². The summed E-state index contributed by atoms with van der Waals surface area (Å²) in [6.07, 6.45) is -0.362. The van der Waals surface area contributed by atoms with Gasteiger partial charge < -0.3 is 14.4 Å². The van der Waals surface area contributed by atoms with Crippen LogP contribution in [0, 0.1) is 20.8 Å². The lowest BCUT2D eigenvalue weighted by Gasteiger charge is -2.23. The van der Waals surface area contributed by atoms with Crippen molar-refractivity contribution in [2.24, 2.45) is 0 Å². The highest BCUT2D eigenvalue weighted by atomic mass is 16.3. The molecule has 1 aliphatic heterocycles. The molecule has 1 amide bonds. The van der Waals surface area contributed by atoms with E-state index in [2.05, 4.69) is 6.07 Å². The molecule has 0 saturated carbocycles. The van der Waals surface area contributed by atoms with Crippen molar-refractivity contribution in [1.82, 2.24) is 0 Å². The Bertz CT molecular complexity index is 1110. The monoisotopic (exact) mass is 389 g/mol. The molecule has 0 fully saturated rings. The Labute approximate surface area is 169 Å². The fraction of sp³-hybridized carbons (Fsp3) is 0.250. The molecule has 3 aromatic rings. The van der Waals surface area contributed by atoms with Crippen molar-refractivity contribution in [1.29, 1.82) is 0 Å². The van der Waals surface area contributed by atoms with Gasteiger partial charge >= 0.3 is 0 Å². The van der Waals surface area contributed by atoms with Crippen molar-refractivity contribution in [2.45, 2.75) is 39.3 Å². The highest BCUT2D eigenvalue weighted by Crippen LogP contribution is 2.43. The molecule has 0 bridgehead atoms. The largest absolute Gasteiger partial charge is 0.458 e.